The molecule has 0 saturated carbocycles. The molecule has 112 valence electrons. The lowest BCUT2D eigenvalue weighted by atomic mass is 10.5. The zero-order chi connectivity index (χ0) is 15.4. The van der Waals surface area contributed by atoms with Gasteiger partial charge < -0.3 is 4.74 Å². The van der Waals surface area contributed by atoms with Gasteiger partial charge in [0.25, 0.3) is 15.9 Å². The van der Waals surface area contributed by atoms with Gasteiger partial charge in [0.05, 0.1) is 5.02 Å². The van der Waals surface area contributed by atoms with E-state index in [0.29, 0.717) is 0 Å². The maximum Gasteiger partial charge on any atom is 0.411 e. The fourth-order valence-corrected chi connectivity index (χ4v) is 2.03. The topological polar surface area (TPSA) is 85.4 Å². The van der Waals surface area contributed by atoms with Crippen molar-refractivity contribution in [2.24, 2.45) is 0 Å². The quantitative estimate of drug-likeness (QED) is 0.873. The summed E-state index contributed by atoms with van der Waals surface area (Å²) < 4.78 is 64.0. The number of halogens is 4. The SMILES string of the molecule is O=C(COCC(F)(F)F)NS(=O)(=O)c1ccc(Cl)cn1. The van der Waals surface area contributed by atoms with Crippen molar-refractivity contribution in [2.75, 3.05) is 13.2 Å². The number of sulfonamides is 1. The number of nitrogens with one attached hydrogen (secondary N) is 1. The van der Waals surface area contributed by atoms with Crippen LogP contribution >= 0.6 is 11.6 Å². The highest BCUT2D eigenvalue weighted by molar-refractivity contribution is 7.90. The largest absolute Gasteiger partial charge is 0.411 e. The van der Waals surface area contributed by atoms with Gasteiger partial charge in [0, 0.05) is 6.20 Å². The van der Waals surface area contributed by atoms with Gasteiger partial charge in [-0.1, -0.05) is 11.6 Å². The summed E-state index contributed by atoms with van der Waals surface area (Å²) in [7, 11) is -4.27. The van der Waals surface area contributed by atoms with Gasteiger partial charge >= 0.3 is 6.18 Å². The molecule has 1 aromatic rings. The number of hydrogen-bond acceptors (Lipinski definition) is 5. The summed E-state index contributed by atoms with van der Waals surface area (Å²) in [6.07, 6.45) is -3.56. The van der Waals surface area contributed by atoms with E-state index < -0.39 is 40.3 Å². The monoisotopic (exact) mass is 332 g/mol. The van der Waals surface area contributed by atoms with Gasteiger partial charge in [-0.15, -0.1) is 0 Å². The smallest absolute Gasteiger partial charge is 0.362 e. The first kappa shape index (κ1) is 16.7. The van der Waals surface area contributed by atoms with Crippen molar-refractivity contribution in [1.82, 2.24) is 9.71 Å². The molecule has 1 amide bonds. The van der Waals surface area contributed by atoms with E-state index in [1.54, 1.807) is 0 Å². The first-order chi connectivity index (χ1) is 9.10. The Bertz CT molecular complexity index is 574. The number of rotatable bonds is 5. The minimum absolute atomic E-state index is 0.184. The molecule has 0 radical (unpaired) electrons. The van der Waals surface area contributed by atoms with Crippen LogP contribution in [-0.2, 0) is 19.6 Å². The first-order valence-corrected chi connectivity index (χ1v) is 6.78. The van der Waals surface area contributed by atoms with E-state index >= 15 is 0 Å². The summed E-state index contributed by atoms with van der Waals surface area (Å²) in [4.78, 5) is 14.6. The highest BCUT2D eigenvalue weighted by Crippen LogP contribution is 2.14. The molecule has 1 N–H and O–H groups in total. The van der Waals surface area contributed by atoms with Gasteiger partial charge in [-0.2, -0.15) is 21.6 Å². The highest BCUT2D eigenvalue weighted by atomic mass is 35.5. The molecule has 20 heavy (non-hydrogen) atoms. The maximum absolute atomic E-state index is 11.7. The molecule has 0 aliphatic heterocycles. The van der Waals surface area contributed by atoms with Gasteiger partial charge in [-0.25, -0.2) is 9.71 Å². The van der Waals surface area contributed by atoms with Crippen LogP contribution in [0.4, 0.5) is 13.2 Å². The van der Waals surface area contributed by atoms with Crippen molar-refractivity contribution in [1.29, 1.82) is 0 Å². The van der Waals surface area contributed by atoms with Crippen LogP contribution in [0.5, 0.6) is 0 Å². The third kappa shape index (κ3) is 5.72. The summed E-state index contributed by atoms with van der Waals surface area (Å²) in [5, 5.41) is -0.310. The Balaban J connectivity index is 2.58. The molecular weight excluding hydrogens is 325 g/mol. The van der Waals surface area contributed by atoms with Crippen LogP contribution in [0.1, 0.15) is 0 Å². The van der Waals surface area contributed by atoms with Crippen molar-refractivity contribution in [3.05, 3.63) is 23.4 Å². The van der Waals surface area contributed by atoms with E-state index in [-0.39, 0.29) is 5.02 Å². The van der Waals surface area contributed by atoms with Crippen LogP contribution in [0.2, 0.25) is 5.02 Å². The van der Waals surface area contributed by atoms with Crippen molar-refractivity contribution in [2.45, 2.75) is 11.2 Å². The number of carbonyl (C=O) groups is 1. The summed E-state index contributed by atoms with van der Waals surface area (Å²) in [6, 6.07) is 2.27. The number of aromatic nitrogens is 1. The third-order valence-electron chi connectivity index (χ3n) is 1.72. The van der Waals surface area contributed by atoms with Crippen molar-refractivity contribution in [3.63, 3.8) is 0 Å². The number of carbonyl (C=O) groups excluding carboxylic acids is 1. The Morgan fingerprint density at radius 1 is 1.40 bits per heavy atom. The normalized spacial score (nSPS) is 12.2. The second-order valence-corrected chi connectivity index (χ2v) is 5.52. The molecule has 0 aliphatic rings. The molecule has 11 heteroatoms. The Labute approximate surface area is 116 Å². The second kappa shape index (κ2) is 6.37. The van der Waals surface area contributed by atoms with E-state index in [1.807, 2.05) is 0 Å². The lowest BCUT2D eigenvalue weighted by Gasteiger charge is -2.08. The summed E-state index contributed by atoms with van der Waals surface area (Å²) in [6.45, 7) is -2.70. The van der Waals surface area contributed by atoms with Crippen LogP contribution in [0.15, 0.2) is 23.4 Å². The van der Waals surface area contributed by atoms with E-state index in [2.05, 4.69) is 9.72 Å². The molecule has 0 unspecified atom stereocenters. The highest BCUT2D eigenvalue weighted by Gasteiger charge is 2.28. The van der Waals surface area contributed by atoms with E-state index in [9.17, 15) is 26.4 Å². The maximum atomic E-state index is 11.7. The molecule has 1 heterocycles. The van der Waals surface area contributed by atoms with E-state index in [1.165, 1.54) is 10.8 Å². The van der Waals surface area contributed by atoms with Crippen LogP contribution < -0.4 is 4.72 Å². The van der Waals surface area contributed by atoms with Gasteiger partial charge in [0.2, 0.25) is 0 Å². The van der Waals surface area contributed by atoms with E-state index in [4.69, 9.17) is 11.6 Å². The predicted octanol–water partition coefficient (Wildman–Crippen LogP) is 1.12. The minimum Gasteiger partial charge on any atom is -0.362 e. The van der Waals surface area contributed by atoms with Crippen LogP contribution in [0.25, 0.3) is 0 Å². The Morgan fingerprint density at radius 3 is 2.55 bits per heavy atom. The molecule has 1 rings (SSSR count). The average Bonchev–Trinajstić information content (AvgIpc) is 2.26. The third-order valence-corrected chi connectivity index (χ3v) is 3.23. The van der Waals surface area contributed by atoms with Crippen LogP contribution in [-0.4, -0.2) is 38.7 Å². The van der Waals surface area contributed by atoms with Crippen molar-refractivity contribution < 1.29 is 31.1 Å². The van der Waals surface area contributed by atoms with Crippen molar-refractivity contribution in [3.8, 4) is 0 Å². The Morgan fingerprint density at radius 2 is 2.05 bits per heavy atom. The fourth-order valence-electron chi connectivity index (χ4n) is 1.01. The molecule has 1 aromatic heterocycles. The number of ether oxygens (including phenoxy) is 1. The molecule has 0 fully saturated rings. The zero-order valence-electron chi connectivity index (χ0n) is 9.65. The summed E-state index contributed by atoms with van der Waals surface area (Å²) >= 11 is 5.51. The lowest BCUT2D eigenvalue weighted by molar-refractivity contribution is -0.175. The summed E-state index contributed by atoms with van der Waals surface area (Å²) in [5.74, 6) is -1.24. The Hall–Kier alpha value is -1.39. The van der Waals surface area contributed by atoms with Gasteiger partial charge in [-0.05, 0) is 12.1 Å². The molecule has 0 aromatic carbocycles. The van der Waals surface area contributed by atoms with Gasteiger partial charge in [0.15, 0.2) is 5.03 Å². The van der Waals surface area contributed by atoms with Crippen LogP contribution in [0.3, 0.4) is 0 Å². The number of amides is 1. The molecule has 0 atom stereocenters. The number of pyridine rings is 1. The van der Waals surface area contributed by atoms with Crippen molar-refractivity contribution >= 4 is 27.5 Å². The molecule has 0 aliphatic carbocycles. The van der Waals surface area contributed by atoms with Gasteiger partial charge in [0.1, 0.15) is 13.2 Å². The summed E-state index contributed by atoms with van der Waals surface area (Å²) in [5.41, 5.74) is 0. The molecule has 6 nitrogen and oxygen atoms in total. The standard InChI is InChI=1S/C9H8ClF3N2O4S/c10-6-1-2-8(14-3-6)20(17,18)15-7(16)4-19-5-9(11,12)13/h1-3H,4-5H2,(H,15,16). The van der Waals surface area contributed by atoms with Gasteiger partial charge in [-0.3, -0.25) is 4.79 Å². The van der Waals surface area contributed by atoms with E-state index in [0.717, 1.165) is 12.3 Å². The zero-order valence-corrected chi connectivity index (χ0v) is 11.2. The second-order valence-electron chi connectivity index (χ2n) is 3.45. The number of hydrogen-bond donors (Lipinski definition) is 1. The number of alkyl halides is 3. The predicted molar refractivity (Wildman–Crippen MR) is 61.4 cm³/mol. The molecule has 0 spiro atoms. The van der Waals surface area contributed by atoms with Crippen LogP contribution in [0, 0.1) is 0 Å². The number of nitrogens with zero attached hydrogens (tertiary/aromatic N) is 1. The Kier molecular flexibility index (Phi) is 5.31. The minimum atomic E-state index is -4.60. The molecule has 0 bridgehead atoms. The molecule has 0 saturated heterocycles. The average molecular weight is 333 g/mol. The molecular formula is C9H8ClF3N2O4S. The first-order valence-electron chi connectivity index (χ1n) is 4.92. The fraction of sp³-hybridized carbons (Fsp3) is 0.333. The lowest BCUT2D eigenvalue weighted by Crippen LogP contribution is -2.35.